The lowest BCUT2D eigenvalue weighted by molar-refractivity contribution is -0.136. The van der Waals surface area contributed by atoms with E-state index in [0.29, 0.717) is 18.9 Å². The van der Waals surface area contributed by atoms with Crippen molar-refractivity contribution in [3.8, 4) is 11.1 Å². The number of alkyl halides is 3. The van der Waals surface area contributed by atoms with Crippen molar-refractivity contribution in [2.24, 2.45) is 0 Å². The summed E-state index contributed by atoms with van der Waals surface area (Å²) in [7, 11) is 0. The number of rotatable bonds is 6. The van der Waals surface area contributed by atoms with Crippen LogP contribution in [0.5, 0.6) is 0 Å². The molecule has 2 saturated carbocycles. The summed E-state index contributed by atoms with van der Waals surface area (Å²) < 4.78 is 42.2. The average molecular weight is 477 g/mol. The van der Waals surface area contributed by atoms with Crippen LogP contribution in [-0.4, -0.2) is 47.3 Å². The summed E-state index contributed by atoms with van der Waals surface area (Å²) in [6.45, 7) is 3.34. The molecule has 0 amide bonds. The summed E-state index contributed by atoms with van der Waals surface area (Å²) >= 11 is 0. The molecule has 184 valence electrons. The highest BCUT2D eigenvalue weighted by Crippen LogP contribution is 2.41. The molecule has 10 heteroatoms. The third kappa shape index (κ3) is 4.78. The Morgan fingerprint density at radius 2 is 1.94 bits per heavy atom. The van der Waals surface area contributed by atoms with E-state index >= 15 is 0 Å². The van der Waals surface area contributed by atoms with Crippen molar-refractivity contribution < 1.29 is 18.3 Å². The molecular weight excluding hydrogens is 445 g/mol. The van der Waals surface area contributed by atoms with E-state index in [9.17, 15) is 18.3 Å². The molecule has 3 aromatic heterocycles. The van der Waals surface area contributed by atoms with Gasteiger partial charge in [-0.05, 0) is 64.9 Å². The Morgan fingerprint density at radius 1 is 1.21 bits per heavy atom. The molecule has 5 rings (SSSR count). The minimum absolute atomic E-state index is 0.167. The van der Waals surface area contributed by atoms with Gasteiger partial charge in [0.25, 0.3) is 0 Å². The second kappa shape index (κ2) is 8.55. The summed E-state index contributed by atoms with van der Waals surface area (Å²) in [5.41, 5.74) is 3.08. The van der Waals surface area contributed by atoms with Crippen LogP contribution in [0.4, 0.5) is 19.1 Å². The first-order valence-electron chi connectivity index (χ1n) is 12.1. The van der Waals surface area contributed by atoms with Crippen molar-refractivity contribution >= 4 is 11.5 Å². The van der Waals surface area contributed by atoms with Gasteiger partial charge in [0, 0.05) is 35.0 Å². The largest absolute Gasteiger partial charge is 0.391 e. The van der Waals surface area contributed by atoms with Crippen LogP contribution < -0.4 is 5.32 Å². The van der Waals surface area contributed by atoms with Crippen LogP contribution >= 0.6 is 0 Å². The Bertz CT molecular complexity index is 1150. The third-order valence-corrected chi connectivity index (χ3v) is 7.30. The van der Waals surface area contributed by atoms with E-state index in [0.717, 1.165) is 48.0 Å². The van der Waals surface area contributed by atoms with Crippen LogP contribution in [0.25, 0.3) is 16.6 Å². The number of fused-ring (bicyclic) bond motifs is 1. The summed E-state index contributed by atoms with van der Waals surface area (Å²) in [6.07, 6.45) is 6.89. The molecule has 2 N–H and O–H groups in total. The monoisotopic (exact) mass is 476 g/mol. The van der Waals surface area contributed by atoms with E-state index in [1.807, 2.05) is 22.3 Å². The van der Waals surface area contributed by atoms with E-state index in [2.05, 4.69) is 32.8 Å². The maximum Gasteiger partial charge on any atom is 0.391 e. The Labute approximate surface area is 196 Å². The highest BCUT2D eigenvalue weighted by molar-refractivity contribution is 5.81. The minimum atomic E-state index is -4.26. The van der Waals surface area contributed by atoms with E-state index in [1.54, 1.807) is 6.20 Å². The van der Waals surface area contributed by atoms with Crippen molar-refractivity contribution in [1.29, 1.82) is 0 Å². The fraction of sp³-hybridized carbons (Fsp3) is 0.625. The van der Waals surface area contributed by atoms with Gasteiger partial charge >= 0.3 is 6.18 Å². The molecular formula is C24H31F3N6O. The molecule has 0 spiro atoms. The van der Waals surface area contributed by atoms with Gasteiger partial charge in [0.15, 0.2) is 0 Å². The smallest absolute Gasteiger partial charge is 0.390 e. The van der Waals surface area contributed by atoms with Gasteiger partial charge in [0.1, 0.15) is 0 Å². The van der Waals surface area contributed by atoms with Gasteiger partial charge in [0.2, 0.25) is 5.95 Å². The Kier molecular flexibility index (Phi) is 5.82. The molecule has 2 aliphatic carbocycles. The van der Waals surface area contributed by atoms with Crippen molar-refractivity contribution in [3.63, 3.8) is 0 Å². The van der Waals surface area contributed by atoms with Gasteiger partial charge in [-0.2, -0.15) is 18.3 Å². The highest BCUT2D eigenvalue weighted by atomic mass is 19.4. The molecule has 7 nitrogen and oxygen atoms in total. The van der Waals surface area contributed by atoms with Crippen LogP contribution in [0.15, 0.2) is 24.7 Å². The minimum Gasteiger partial charge on any atom is -0.390 e. The van der Waals surface area contributed by atoms with Crippen LogP contribution in [0.3, 0.4) is 0 Å². The second-order valence-electron chi connectivity index (χ2n) is 10.3. The Morgan fingerprint density at radius 3 is 2.59 bits per heavy atom. The Balaban J connectivity index is 1.50. The quantitative estimate of drug-likeness (QED) is 0.493. The maximum absolute atomic E-state index is 12.8. The molecule has 0 aromatic carbocycles. The maximum atomic E-state index is 12.8. The standard InChI is InChI=1S/C24H31F3N6O/c1-15(11-24(25,26)27)30-22-28-13-21-19(17-12-29-32(14-17)18-4-3-5-18)10-20(33(21)31-22)16-6-8-23(2,34)9-7-16/h10,12-16,18,34H,3-9,11H2,1-2H3,(H,30,31)/t15-,16?,23?/m0/s1. The zero-order valence-corrected chi connectivity index (χ0v) is 19.5. The van der Waals surface area contributed by atoms with Crippen LogP contribution in [0, 0.1) is 0 Å². The molecule has 0 bridgehead atoms. The first kappa shape index (κ1) is 23.1. The number of halogens is 3. The van der Waals surface area contributed by atoms with Gasteiger partial charge in [-0.3, -0.25) is 4.68 Å². The summed E-state index contributed by atoms with van der Waals surface area (Å²) in [4.78, 5) is 4.34. The molecule has 3 aromatic rings. The molecule has 0 saturated heterocycles. The SMILES string of the molecule is C[C@@H](CC(F)(F)F)Nc1ncc2c(-c3cnn(C4CCC4)c3)cc(C3CCC(C)(O)CC3)n2n1. The lowest BCUT2D eigenvalue weighted by Gasteiger charge is -2.32. The zero-order valence-electron chi connectivity index (χ0n) is 19.5. The molecule has 3 heterocycles. The van der Waals surface area contributed by atoms with Crippen molar-refractivity contribution in [1.82, 2.24) is 24.4 Å². The number of anilines is 1. The van der Waals surface area contributed by atoms with Gasteiger partial charge in [-0.25, -0.2) is 9.50 Å². The highest BCUT2D eigenvalue weighted by Gasteiger charge is 2.33. The first-order chi connectivity index (χ1) is 16.1. The van der Waals surface area contributed by atoms with Crippen LogP contribution in [0.1, 0.15) is 82.9 Å². The Hall–Kier alpha value is -2.62. The summed E-state index contributed by atoms with van der Waals surface area (Å²) in [5.74, 6) is 0.360. The summed E-state index contributed by atoms with van der Waals surface area (Å²) in [5, 5.41) is 22.4. The van der Waals surface area contributed by atoms with Gasteiger partial charge in [-0.1, -0.05) is 0 Å². The molecule has 2 aliphatic rings. The fourth-order valence-corrected chi connectivity index (χ4v) is 5.09. The van der Waals surface area contributed by atoms with E-state index in [1.165, 1.54) is 13.3 Å². The molecule has 0 aliphatic heterocycles. The number of nitrogens with one attached hydrogen (secondary N) is 1. The number of hydrogen-bond acceptors (Lipinski definition) is 5. The van der Waals surface area contributed by atoms with Crippen molar-refractivity contribution in [3.05, 3.63) is 30.4 Å². The molecule has 0 unspecified atom stereocenters. The molecule has 1 atom stereocenters. The predicted molar refractivity (Wildman–Crippen MR) is 123 cm³/mol. The van der Waals surface area contributed by atoms with Gasteiger partial charge in [-0.15, -0.1) is 5.10 Å². The van der Waals surface area contributed by atoms with E-state index in [4.69, 9.17) is 0 Å². The van der Waals surface area contributed by atoms with Crippen molar-refractivity contribution in [2.75, 3.05) is 5.32 Å². The molecule has 2 fully saturated rings. The van der Waals surface area contributed by atoms with Crippen molar-refractivity contribution in [2.45, 2.75) is 95.0 Å². The number of aliphatic hydroxyl groups is 1. The molecule has 34 heavy (non-hydrogen) atoms. The summed E-state index contributed by atoms with van der Waals surface area (Å²) in [6, 6.07) is 1.71. The topological polar surface area (TPSA) is 80.3 Å². The van der Waals surface area contributed by atoms with E-state index < -0.39 is 24.2 Å². The molecule has 0 radical (unpaired) electrons. The fourth-order valence-electron chi connectivity index (χ4n) is 5.09. The number of aromatic nitrogens is 5. The third-order valence-electron chi connectivity index (χ3n) is 7.30. The predicted octanol–water partition coefficient (Wildman–Crippen LogP) is 5.48. The van der Waals surface area contributed by atoms with Crippen LogP contribution in [0.2, 0.25) is 0 Å². The van der Waals surface area contributed by atoms with Gasteiger partial charge in [0.05, 0.1) is 36.0 Å². The van der Waals surface area contributed by atoms with E-state index in [-0.39, 0.29) is 11.9 Å². The lowest BCUT2D eigenvalue weighted by Crippen LogP contribution is -2.30. The first-order valence-corrected chi connectivity index (χ1v) is 12.1. The number of hydrogen-bond donors (Lipinski definition) is 2. The lowest BCUT2D eigenvalue weighted by atomic mass is 9.78. The van der Waals surface area contributed by atoms with Gasteiger partial charge < -0.3 is 10.4 Å². The number of nitrogens with zero attached hydrogens (tertiary/aromatic N) is 5. The van der Waals surface area contributed by atoms with Crippen LogP contribution in [-0.2, 0) is 0 Å². The second-order valence-corrected chi connectivity index (χ2v) is 10.3. The zero-order chi connectivity index (χ0) is 24.1. The average Bonchev–Trinajstić information content (AvgIpc) is 3.30. The normalized spacial score (nSPS) is 24.8.